The van der Waals surface area contributed by atoms with Crippen molar-refractivity contribution >= 4 is 11.9 Å². The molecule has 0 heterocycles. The average Bonchev–Trinajstić information content (AvgIpc) is 1.86. The first kappa shape index (κ1) is 3.84. The summed E-state index contributed by atoms with van der Waals surface area (Å²) in [5.74, 6) is -4.46. The average molecular weight is 137 g/mol. The number of carboxylic acids is 2. The molecule has 0 aromatic carbocycles. The van der Waals surface area contributed by atoms with E-state index in [-0.39, 0.29) is 0 Å². The summed E-state index contributed by atoms with van der Waals surface area (Å²) < 4.78 is 19.6. The maximum absolute atomic E-state index is 10.1. The zero-order valence-electron chi connectivity index (χ0n) is 7.16. The molecule has 0 unspecified atom stereocenters. The molecule has 0 aliphatic rings. The van der Waals surface area contributed by atoms with Crippen LogP contribution in [0.4, 0.5) is 0 Å². The topological polar surface area (TPSA) is 94.8 Å². The lowest BCUT2D eigenvalue weighted by molar-refractivity contribution is -0.152. The van der Waals surface area contributed by atoms with Crippen LogP contribution in [0.5, 0.6) is 0 Å². The summed E-state index contributed by atoms with van der Waals surface area (Å²) in [7, 11) is 0. The minimum absolute atomic E-state index is 2.21. The standard InChI is InChI=1S/C4H6O5/c5-2(4(8)9)1-3(6)7/h2,5H,1H2,(H,6,7)(H,8,9)/t2-/m1/s1/i1D2,2D. The summed E-state index contributed by atoms with van der Waals surface area (Å²) in [6.07, 6.45) is -7.22. The van der Waals surface area contributed by atoms with E-state index in [0.717, 1.165) is 0 Å². The van der Waals surface area contributed by atoms with Crippen molar-refractivity contribution in [2.75, 3.05) is 0 Å². The third kappa shape index (κ3) is 3.48. The van der Waals surface area contributed by atoms with E-state index in [9.17, 15) is 9.59 Å². The van der Waals surface area contributed by atoms with Crippen LogP contribution in [0.2, 0.25) is 0 Å². The van der Waals surface area contributed by atoms with Crippen molar-refractivity contribution in [2.45, 2.75) is 12.5 Å². The Labute approximate surface area is 54.8 Å². The van der Waals surface area contributed by atoms with Gasteiger partial charge in [-0.15, -0.1) is 0 Å². The second-order valence-corrected chi connectivity index (χ2v) is 1.08. The SMILES string of the molecule is [2H]C([2H])(C(=O)O)[C@@]([2H])(O)C(=O)O. The van der Waals surface area contributed by atoms with Gasteiger partial charge in [0.05, 0.1) is 7.74 Å². The number of rotatable bonds is 3. The Balaban J connectivity index is 5.01. The second kappa shape index (κ2) is 3.03. The van der Waals surface area contributed by atoms with E-state index in [1.807, 2.05) is 0 Å². The zero-order chi connectivity index (χ0) is 10.2. The lowest BCUT2D eigenvalue weighted by Gasteiger charge is -1.97. The first-order valence-corrected chi connectivity index (χ1v) is 1.83. The van der Waals surface area contributed by atoms with Gasteiger partial charge in [0.25, 0.3) is 0 Å². The van der Waals surface area contributed by atoms with Crippen LogP contribution in [-0.2, 0) is 9.59 Å². The Hall–Kier alpha value is -1.10. The van der Waals surface area contributed by atoms with Gasteiger partial charge in [0.1, 0.15) is 0 Å². The number of hydrogen-bond donors (Lipinski definition) is 3. The van der Waals surface area contributed by atoms with E-state index in [4.69, 9.17) is 19.4 Å². The van der Waals surface area contributed by atoms with Crippen LogP contribution in [0, 0.1) is 0 Å². The summed E-state index contributed by atoms with van der Waals surface area (Å²) in [5.41, 5.74) is 0. The van der Waals surface area contributed by atoms with Gasteiger partial charge in [-0.3, -0.25) is 4.79 Å². The number of hydrogen-bond acceptors (Lipinski definition) is 3. The molecule has 0 radical (unpaired) electrons. The Morgan fingerprint density at radius 3 is 2.22 bits per heavy atom. The fraction of sp³-hybridized carbons (Fsp3) is 0.500. The van der Waals surface area contributed by atoms with Crippen LogP contribution < -0.4 is 0 Å². The number of carboxylic acid groups (broad SMARTS) is 2. The van der Waals surface area contributed by atoms with Crippen LogP contribution in [0.15, 0.2) is 0 Å². The highest BCUT2D eigenvalue weighted by Crippen LogP contribution is 1.89. The lowest BCUT2D eigenvalue weighted by Crippen LogP contribution is -2.22. The van der Waals surface area contributed by atoms with Crippen molar-refractivity contribution in [1.82, 2.24) is 0 Å². The summed E-state index contributed by atoms with van der Waals surface area (Å²) >= 11 is 0. The van der Waals surface area contributed by atoms with Crippen LogP contribution in [-0.4, -0.2) is 33.3 Å². The molecule has 0 saturated carbocycles. The number of aliphatic hydroxyl groups is 1. The van der Waals surface area contributed by atoms with Gasteiger partial charge in [-0.05, 0) is 0 Å². The highest BCUT2D eigenvalue weighted by molar-refractivity contribution is 5.79. The van der Waals surface area contributed by atoms with Gasteiger partial charge in [-0.2, -0.15) is 0 Å². The molecule has 0 aliphatic heterocycles. The van der Waals surface area contributed by atoms with Gasteiger partial charge in [0.2, 0.25) is 0 Å². The smallest absolute Gasteiger partial charge is 0.333 e. The normalized spacial score (nSPS) is 22.6. The molecule has 0 bridgehead atoms. The number of carbonyl (C=O) groups is 2. The van der Waals surface area contributed by atoms with Crippen LogP contribution in [0.3, 0.4) is 0 Å². The predicted molar refractivity (Wildman–Crippen MR) is 25.9 cm³/mol. The van der Waals surface area contributed by atoms with Gasteiger partial charge in [0.15, 0.2) is 6.08 Å². The van der Waals surface area contributed by atoms with E-state index in [2.05, 4.69) is 0 Å². The highest BCUT2D eigenvalue weighted by Gasteiger charge is 2.16. The van der Waals surface area contributed by atoms with Crippen molar-refractivity contribution in [2.24, 2.45) is 0 Å². The van der Waals surface area contributed by atoms with E-state index in [1.54, 1.807) is 0 Å². The fourth-order valence-corrected chi connectivity index (χ4v) is 0.155. The van der Waals surface area contributed by atoms with Crippen molar-refractivity contribution in [1.29, 1.82) is 0 Å². The molecule has 3 N–H and O–H groups in total. The molecule has 9 heavy (non-hydrogen) atoms. The first-order valence-electron chi connectivity index (χ1n) is 3.33. The van der Waals surface area contributed by atoms with Crippen molar-refractivity contribution in [3.63, 3.8) is 0 Å². The number of aliphatic carboxylic acids is 2. The van der Waals surface area contributed by atoms with Crippen LogP contribution in [0.1, 0.15) is 10.5 Å². The zero-order valence-corrected chi connectivity index (χ0v) is 4.16. The molecule has 52 valence electrons. The van der Waals surface area contributed by atoms with Gasteiger partial charge >= 0.3 is 11.9 Å². The lowest BCUT2D eigenvalue weighted by atomic mass is 10.3. The second-order valence-electron chi connectivity index (χ2n) is 1.08. The highest BCUT2D eigenvalue weighted by atomic mass is 16.4. The molecule has 1 atom stereocenters. The van der Waals surface area contributed by atoms with E-state index in [1.165, 1.54) is 0 Å². The molecule has 0 amide bonds. The van der Waals surface area contributed by atoms with Gasteiger partial charge in [0, 0.05) is 2.74 Å². The Morgan fingerprint density at radius 2 is 2.11 bits per heavy atom. The molecule has 0 fully saturated rings. The third-order valence-electron chi connectivity index (χ3n) is 0.428. The summed E-state index contributed by atoms with van der Waals surface area (Å²) in [4.78, 5) is 20.1. The summed E-state index contributed by atoms with van der Waals surface area (Å²) in [6, 6.07) is 0. The largest absolute Gasteiger partial charge is 0.481 e. The molecular weight excluding hydrogens is 128 g/mol. The molecule has 0 spiro atoms. The monoisotopic (exact) mass is 137 g/mol. The first-order chi connectivity index (χ1) is 5.14. The third-order valence-corrected chi connectivity index (χ3v) is 0.428. The minimum atomic E-state index is -3.68. The predicted octanol–water partition coefficient (Wildman–Crippen LogP) is -1.09. The Morgan fingerprint density at radius 1 is 1.67 bits per heavy atom. The molecule has 0 aromatic rings. The Bertz CT molecular complexity index is 199. The quantitative estimate of drug-likeness (QED) is 0.459. The van der Waals surface area contributed by atoms with E-state index >= 15 is 0 Å². The molecule has 0 saturated heterocycles. The van der Waals surface area contributed by atoms with Crippen molar-refractivity contribution < 1.29 is 29.0 Å². The van der Waals surface area contributed by atoms with Gasteiger partial charge in [-0.25, -0.2) is 4.79 Å². The maximum atomic E-state index is 10.1. The van der Waals surface area contributed by atoms with E-state index in [0.29, 0.717) is 0 Å². The minimum Gasteiger partial charge on any atom is -0.481 e. The van der Waals surface area contributed by atoms with Crippen molar-refractivity contribution in [3.8, 4) is 0 Å². The Kier molecular flexibility index (Phi) is 1.29. The van der Waals surface area contributed by atoms with Gasteiger partial charge < -0.3 is 15.3 Å². The molecular formula is C4H6O5. The van der Waals surface area contributed by atoms with E-state index < -0.39 is 24.4 Å². The van der Waals surface area contributed by atoms with Gasteiger partial charge in [-0.1, -0.05) is 0 Å². The summed E-state index contributed by atoms with van der Waals surface area (Å²) in [5, 5.41) is 24.8. The molecule has 0 aliphatic carbocycles. The molecule has 0 aromatic heterocycles. The van der Waals surface area contributed by atoms with Crippen LogP contribution in [0.25, 0.3) is 0 Å². The molecule has 5 heteroatoms. The molecule has 5 nitrogen and oxygen atoms in total. The molecule has 0 rings (SSSR count). The maximum Gasteiger partial charge on any atom is 0.333 e. The summed E-state index contributed by atoms with van der Waals surface area (Å²) in [6.45, 7) is 0. The fourth-order valence-electron chi connectivity index (χ4n) is 0.155. The van der Waals surface area contributed by atoms with Crippen molar-refractivity contribution in [3.05, 3.63) is 0 Å². The van der Waals surface area contributed by atoms with Crippen LogP contribution >= 0.6 is 0 Å².